The Balaban J connectivity index is 2.40. The zero-order valence-electron chi connectivity index (χ0n) is 8.06. The van der Waals surface area contributed by atoms with E-state index < -0.39 is 21.9 Å². The number of sulfone groups is 1. The fourth-order valence-electron chi connectivity index (χ4n) is 1.39. The van der Waals surface area contributed by atoms with Crippen molar-refractivity contribution in [1.29, 1.82) is 0 Å². The number of hydrogen-bond donors (Lipinski definition) is 2. The second-order valence-corrected chi connectivity index (χ2v) is 5.92. The molecule has 1 rings (SSSR count). The molecule has 1 unspecified atom stereocenters. The van der Waals surface area contributed by atoms with Crippen LogP contribution < -0.4 is 5.32 Å². The lowest BCUT2D eigenvalue weighted by molar-refractivity contribution is -0.124. The van der Waals surface area contributed by atoms with E-state index >= 15 is 0 Å². The van der Waals surface area contributed by atoms with Crippen LogP contribution in [0.1, 0.15) is 13.3 Å². The van der Waals surface area contributed by atoms with Crippen molar-refractivity contribution in [2.45, 2.75) is 19.4 Å². The molecule has 1 saturated heterocycles. The predicted molar refractivity (Wildman–Crippen MR) is 51.5 cm³/mol. The summed E-state index contributed by atoms with van der Waals surface area (Å²) in [5.74, 6) is -0.663. The van der Waals surface area contributed by atoms with Crippen LogP contribution in [0.4, 0.5) is 0 Å². The van der Waals surface area contributed by atoms with Gasteiger partial charge in [-0.05, 0) is 13.3 Å². The second-order valence-electron chi connectivity index (χ2n) is 3.69. The molecular formula is C8H15NO4S. The van der Waals surface area contributed by atoms with Gasteiger partial charge in [0.2, 0.25) is 5.91 Å². The highest BCUT2D eigenvalue weighted by atomic mass is 32.2. The highest BCUT2D eigenvalue weighted by Crippen LogP contribution is 2.18. The van der Waals surface area contributed by atoms with Gasteiger partial charge in [-0.2, -0.15) is 0 Å². The van der Waals surface area contributed by atoms with Crippen molar-refractivity contribution in [3.8, 4) is 0 Å². The Morgan fingerprint density at radius 2 is 2.29 bits per heavy atom. The van der Waals surface area contributed by atoms with Gasteiger partial charge in [0, 0.05) is 6.54 Å². The van der Waals surface area contributed by atoms with Crippen LogP contribution in [0.2, 0.25) is 0 Å². The summed E-state index contributed by atoms with van der Waals surface area (Å²) in [5, 5.41) is 11.4. The van der Waals surface area contributed by atoms with Crippen molar-refractivity contribution in [2.24, 2.45) is 5.92 Å². The minimum Gasteiger partial charge on any atom is -0.392 e. The smallest absolute Gasteiger partial charge is 0.224 e. The molecular weight excluding hydrogens is 206 g/mol. The molecule has 5 nitrogen and oxygen atoms in total. The van der Waals surface area contributed by atoms with Crippen molar-refractivity contribution in [3.63, 3.8) is 0 Å². The van der Waals surface area contributed by atoms with Crippen LogP contribution in [-0.2, 0) is 14.6 Å². The highest BCUT2D eigenvalue weighted by Gasteiger charge is 2.32. The van der Waals surface area contributed by atoms with Crippen LogP contribution in [-0.4, -0.2) is 43.6 Å². The Bertz CT molecular complexity index is 309. The van der Waals surface area contributed by atoms with E-state index in [0.717, 1.165) is 0 Å². The molecule has 0 bridgehead atoms. The van der Waals surface area contributed by atoms with Crippen molar-refractivity contribution >= 4 is 15.7 Å². The van der Waals surface area contributed by atoms with E-state index in [1.807, 2.05) is 0 Å². The van der Waals surface area contributed by atoms with Gasteiger partial charge >= 0.3 is 0 Å². The number of hydrogen-bond acceptors (Lipinski definition) is 4. The molecule has 0 aliphatic carbocycles. The SMILES string of the molecule is C[C@H](O)CNC(=O)C1CCS(=O)(=O)C1. The summed E-state index contributed by atoms with van der Waals surface area (Å²) in [5.41, 5.74) is 0. The second kappa shape index (κ2) is 4.27. The van der Waals surface area contributed by atoms with E-state index in [-0.39, 0.29) is 24.0 Å². The molecule has 2 N–H and O–H groups in total. The van der Waals surface area contributed by atoms with Gasteiger partial charge in [0.15, 0.2) is 9.84 Å². The van der Waals surface area contributed by atoms with Crippen LogP contribution >= 0.6 is 0 Å². The van der Waals surface area contributed by atoms with Gasteiger partial charge in [-0.1, -0.05) is 0 Å². The minimum atomic E-state index is -3.00. The first kappa shape index (κ1) is 11.5. The van der Waals surface area contributed by atoms with E-state index in [4.69, 9.17) is 5.11 Å². The quantitative estimate of drug-likeness (QED) is 0.635. The van der Waals surface area contributed by atoms with Gasteiger partial charge in [-0.15, -0.1) is 0 Å². The summed E-state index contributed by atoms with van der Waals surface area (Å²) in [6.07, 6.45) is -0.203. The zero-order chi connectivity index (χ0) is 10.8. The molecule has 1 fully saturated rings. The molecule has 1 amide bonds. The topological polar surface area (TPSA) is 83.5 Å². The van der Waals surface area contributed by atoms with Crippen molar-refractivity contribution in [2.75, 3.05) is 18.1 Å². The van der Waals surface area contributed by atoms with Crippen LogP contribution in [0.3, 0.4) is 0 Å². The van der Waals surface area contributed by atoms with Crippen molar-refractivity contribution < 1.29 is 18.3 Å². The van der Waals surface area contributed by atoms with E-state index in [1.54, 1.807) is 6.92 Å². The molecule has 0 saturated carbocycles. The number of nitrogens with one attached hydrogen (secondary N) is 1. The number of rotatable bonds is 3. The summed E-state index contributed by atoms with van der Waals surface area (Å²) < 4.78 is 22.1. The van der Waals surface area contributed by atoms with Gasteiger partial charge < -0.3 is 10.4 Å². The molecule has 82 valence electrons. The monoisotopic (exact) mass is 221 g/mol. The molecule has 6 heteroatoms. The lowest BCUT2D eigenvalue weighted by atomic mass is 10.1. The van der Waals surface area contributed by atoms with E-state index in [1.165, 1.54) is 0 Å². The molecule has 1 aliphatic rings. The third kappa shape index (κ3) is 3.26. The molecule has 14 heavy (non-hydrogen) atoms. The fourth-order valence-corrected chi connectivity index (χ4v) is 3.14. The average molecular weight is 221 g/mol. The summed E-state index contributed by atoms with van der Waals surface area (Å²) in [6, 6.07) is 0. The summed E-state index contributed by atoms with van der Waals surface area (Å²) in [6.45, 7) is 1.74. The summed E-state index contributed by atoms with van der Waals surface area (Å²) >= 11 is 0. The largest absolute Gasteiger partial charge is 0.392 e. The third-order valence-electron chi connectivity index (χ3n) is 2.17. The van der Waals surface area contributed by atoms with Crippen molar-refractivity contribution in [3.05, 3.63) is 0 Å². The standard InChI is InChI=1S/C8H15NO4S/c1-6(10)4-9-8(11)7-2-3-14(12,13)5-7/h6-7,10H,2-5H2,1H3,(H,9,11)/t6-,7?/m0/s1. The Hall–Kier alpha value is -0.620. The maximum atomic E-state index is 11.4. The van der Waals surface area contributed by atoms with Gasteiger partial charge in [-0.25, -0.2) is 8.42 Å². The number of amides is 1. The van der Waals surface area contributed by atoms with Gasteiger partial charge in [0.25, 0.3) is 0 Å². The average Bonchev–Trinajstić information content (AvgIpc) is 2.41. The molecule has 0 aromatic carbocycles. The minimum absolute atomic E-state index is 0.0569. The maximum Gasteiger partial charge on any atom is 0.224 e. The first-order valence-electron chi connectivity index (χ1n) is 4.57. The lowest BCUT2D eigenvalue weighted by Gasteiger charge is -2.10. The molecule has 0 aromatic rings. The molecule has 1 aliphatic heterocycles. The number of aliphatic hydroxyl groups excluding tert-OH is 1. The Labute approximate surface area is 83.4 Å². The molecule has 2 atom stereocenters. The number of carbonyl (C=O) groups excluding carboxylic acids is 1. The van der Waals surface area contributed by atoms with E-state index in [2.05, 4.69) is 5.32 Å². The molecule has 0 aromatic heterocycles. The molecule has 0 radical (unpaired) electrons. The van der Waals surface area contributed by atoms with Gasteiger partial charge in [-0.3, -0.25) is 4.79 Å². The third-order valence-corrected chi connectivity index (χ3v) is 3.94. The van der Waals surface area contributed by atoms with Crippen molar-refractivity contribution in [1.82, 2.24) is 5.32 Å². The van der Waals surface area contributed by atoms with E-state index in [0.29, 0.717) is 6.42 Å². The molecule has 0 spiro atoms. The Kier molecular flexibility index (Phi) is 3.49. The fraction of sp³-hybridized carbons (Fsp3) is 0.875. The van der Waals surface area contributed by atoms with Gasteiger partial charge in [0.1, 0.15) is 0 Å². The highest BCUT2D eigenvalue weighted by molar-refractivity contribution is 7.91. The molecule has 1 heterocycles. The Morgan fingerprint density at radius 3 is 2.71 bits per heavy atom. The maximum absolute atomic E-state index is 11.4. The van der Waals surface area contributed by atoms with Crippen LogP contribution in [0, 0.1) is 5.92 Å². The summed E-state index contributed by atoms with van der Waals surface area (Å²) in [7, 11) is -3.00. The number of aliphatic hydroxyl groups is 1. The lowest BCUT2D eigenvalue weighted by Crippen LogP contribution is -2.35. The first-order chi connectivity index (χ1) is 6.41. The first-order valence-corrected chi connectivity index (χ1v) is 6.39. The summed E-state index contributed by atoms with van der Waals surface area (Å²) in [4.78, 5) is 11.4. The van der Waals surface area contributed by atoms with Gasteiger partial charge in [0.05, 0.1) is 23.5 Å². The Morgan fingerprint density at radius 1 is 1.64 bits per heavy atom. The number of carbonyl (C=O) groups is 1. The predicted octanol–water partition coefficient (Wildman–Crippen LogP) is -1.08. The van der Waals surface area contributed by atoms with Crippen LogP contribution in [0.25, 0.3) is 0 Å². The zero-order valence-corrected chi connectivity index (χ0v) is 8.88. The van der Waals surface area contributed by atoms with Crippen LogP contribution in [0.15, 0.2) is 0 Å². The van der Waals surface area contributed by atoms with Crippen LogP contribution in [0.5, 0.6) is 0 Å². The van der Waals surface area contributed by atoms with E-state index in [9.17, 15) is 13.2 Å². The normalized spacial score (nSPS) is 27.1.